The molecule has 108 valence electrons. The number of nitrogens with two attached hydrogens (primary N) is 1. The van der Waals surface area contributed by atoms with E-state index < -0.39 is 0 Å². The molecular weight excluding hydrogens is 272 g/mol. The Labute approximate surface area is 125 Å². The van der Waals surface area contributed by atoms with Gasteiger partial charge in [0.05, 0.1) is 11.4 Å². The van der Waals surface area contributed by atoms with Crippen molar-refractivity contribution in [1.29, 1.82) is 0 Å². The van der Waals surface area contributed by atoms with E-state index in [-0.39, 0.29) is 0 Å². The summed E-state index contributed by atoms with van der Waals surface area (Å²) in [6.07, 6.45) is 1.02. The first-order chi connectivity index (χ1) is 9.54. The summed E-state index contributed by atoms with van der Waals surface area (Å²) in [5.74, 6) is 0.962. The average molecular weight is 293 g/mol. The Hall–Kier alpha value is -1.68. The fourth-order valence-electron chi connectivity index (χ4n) is 2.31. The van der Waals surface area contributed by atoms with Crippen molar-refractivity contribution >= 4 is 23.1 Å². The maximum Gasteiger partial charge on any atom is 0.150 e. The molecule has 0 unspecified atom stereocenters. The molecule has 2 N–H and O–H groups in total. The lowest BCUT2D eigenvalue weighted by atomic mass is 10.2. The molecule has 0 radical (unpaired) electrons. The molecule has 0 aliphatic heterocycles. The van der Waals surface area contributed by atoms with Gasteiger partial charge in [-0.15, -0.1) is 0 Å². The Morgan fingerprint density at radius 1 is 1.35 bits per heavy atom. The quantitative estimate of drug-likeness (QED) is 0.918. The number of nitrogens with zero attached hydrogens (tertiary/aromatic N) is 3. The molecule has 0 saturated carbocycles. The molecule has 0 spiro atoms. The number of nitrogen functional groups attached to an aromatic ring is 1. The van der Waals surface area contributed by atoms with E-state index in [0.717, 1.165) is 40.8 Å². The van der Waals surface area contributed by atoms with Gasteiger partial charge in [0, 0.05) is 25.2 Å². The van der Waals surface area contributed by atoms with Gasteiger partial charge in [0.15, 0.2) is 5.82 Å². The van der Waals surface area contributed by atoms with Crippen LogP contribution in [-0.4, -0.2) is 16.8 Å². The predicted octanol–water partition coefficient (Wildman–Crippen LogP) is 3.47. The highest BCUT2D eigenvalue weighted by Gasteiger charge is 2.16. The second-order valence-corrected chi connectivity index (χ2v) is 5.40. The van der Waals surface area contributed by atoms with E-state index in [2.05, 4.69) is 16.9 Å². The minimum atomic E-state index is 0.707. The van der Waals surface area contributed by atoms with Gasteiger partial charge in [-0.3, -0.25) is 0 Å². The van der Waals surface area contributed by atoms with Crippen LogP contribution in [0.5, 0.6) is 0 Å². The maximum absolute atomic E-state index is 6.22. The molecule has 0 saturated heterocycles. The van der Waals surface area contributed by atoms with Crippen molar-refractivity contribution in [3.8, 4) is 0 Å². The lowest BCUT2D eigenvalue weighted by molar-refractivity contribution is 0.591. The van der Waals surface area contributed by atoms with Crippen molar-refractivity contribution in [1.82, 2.24) is 9.78 Å². The minimum Gasteiger partial charge on any atom is -0.394 e. The zero-order valence-corrected chi connectivity index (χ0v) is 13.0. The third kappa shape index (κ3) is 2.90. The van der Waals surface area contributed by atoms with Gasteiger partial charge >= 0.3 is 0 Å². The van der Waals surface area contributed by atoms with Crippen molar-refractivity contribution < 1.29 is 0 Å². The van der Waals surface area contributed by atoms with Crippen LogP contribution in [0, 0.1) is 6.92 Å². The molecule has 2 rings (SSSR count). The smallest absolute Gasteiger partial charge is 0.150 e. The third-order valence-electron chi connectivity index (χ3n) is 3.31. The molecule has 1 aromatic heterocycles. The summed E-state index contributed by atoms with van der Waals surface area (Å²) in [5, 5.41) is 5.28. The van der Waals surface area contributed by atoms with E-state index in [1.807, 2.05) is 42.9 Å². The molecule has 2 aromatic rings. The van der Waals surface area contributed by atoms with E-state index >= 15 is 0 Å². The topological polar surface area (TPSA) is 47.1 Å². The molecule has 1 aromatic carbocycles. The van der Waals surface area contributed by atoms with Gasteiger partial charge in [-0.05, 0) is 25.0 Å². The van der Waals surface area contributed by atoms with Crippen LogP contribution >= 0.6 is 11.6 Å². The summed E-state index contributed by atoms with van der Waals surface area (Å²) in [4.78, 5) is 2.10. The van der Waals surface area contributed by atoms with Crippen LogP contribution in [0.1, 0.15) is 24.6 Å². The lowest BCUT2D eigenvalue weighted by Crippen LogP contribution is -2.21. The van der Waals surface area contributed by atoms with E-state index in [4.69, 9.17) is 17.3 Å². The zero-order valence-electron chi connectivity index (χ0n) is 12.2. The highest BCUT2D eigenvalue weighted by molar-refractivity contribution is 6.31. The van der Waals surface area contributed by atoms with Gasteiger partial charge in [0.25, 0.3) is 0 Å². The maximum atomic E-state index is 6.22. The van der Waals surface area contributed by atoms with Crippen molar-refractivity contribution in [2.45, 2.75) is 33.4 Å². The first-order valence-corrected chi connectivity index (χ1v) is 7.19. The zero-order chi connectivity index (χ0) is 14.7. The van der Waals surface area contributed by atoms with E-state index in [1.165, 1.54) is 0 Å². The molecule has 0 aliphatic carbocycles. The van der Waals surface area contributed by atoms with Gasteiger partial charge < -0.3 is 10.6 Å². The first kappa shape index (κ1) is 14.7. The van der Waals surface area contributed by atoms with Crippen LogP contribution in [0.3, 0.4) is 0 Å². The van der Waals surface area contributed by atoms with Gasteiger partial charge in [0.2, 0.25) is 0 Å². The van der Waals surface area contributed by atoms with Crippen molar-refractivity contribution in [3.05, 3.63) is 40.5 Å². The molecule has 1 heterocycles. The van der Waals surface area contributed by atoms with Crippen LogP contribution in [-0.2, 0) is 13.1 Å². The summed E-state index contributed by atoms with van der Waals surface area (Å²) in [6, 6.07) is 7.86. The number of halogens is 1. The molecule has 20 heavy (non-hydrogen) atoms. The summed E-state index contributed by atoms with van der Waals surface area (Å²) in [5.41, 5.74) is 8.87. The average Bonchev–Trinajstić information content (AvgIpc) is 2.68. The standard InChI is InChI=1S/C15H21ClN4/c1-4-9-20-15(14(17)11(2)18-20)19(3)10-12-7-5-6-8-13(12)16/h5-8H,4,9-10,17H2,1-3H3. The van der Waals surface area contributed by atoms with Crippen LogP contribution < -0.4 is 10.6 Å². The molecule has 4 nitrogen and oxygen atoms in total. The summed E-state index contributed by atoms with van der Waals surface area (Å²) >= 11 is 6.22. The normalized spacial score (nSPS) is 10.8. The minimum absolute atomic E-state index is 0.707. The molecule has 0 amide bonds. The molecule has 0 bridgehead atoms. The highest BCUT2D eigenvalue weighted by Crippen LogP contribution is 2.28. The third-order valence-corrected chi connectivity index (χ3v) is 3.68. The molecule has 5 heteroatoms. The Morgan fingerprint density at radius 2 is 2.05 bits per heavy atom. The summed E-state index contributed by atoms with van der Waals surface area (Å²) in [7, 11) is 2.02. The number of aryl methyl sites for hydroxylation is 2. The Kier molecular flexibility index (Phi) is 4.55. The van der Waals surface area contributed by atoms with Gasteiger partial charge in [-0.2, -0.15) is 5.10 Å². The van der Waals surface area contributed by atoms with Crippen LogP contribution in [0.2, 0.25) is 5.02 Å². The highest BCUT2D eigenvalue weighted by atomic mass is 35.5. The molecule has 0 fully saturated rings. The number of rotatable bonds is 5. The van der Waals surface area contributed by atoms with Gasteiger partial charge in [-0.25, -0.2) is 4.68 Å². The Morgan fingerprint density at radius 3 is 2.70 bits per heavy atom. The summed E-state index contributed by atoms with van der Waals surface area (Å²) < 4.78 is 1.97. The SMILES string of the molecule is CCCn1nc(C)c(N)c1N(C)Cc1ccccc1Cl. The van der Waals surface area contributed by atoms with E-state index in [9.17, 15) is 0 Å². The Balaban J connectivity index is 2.29. The van der Waals surface area contributed by atoms with Crippen LogP contribution in [0.4, 0.5) is 11.5 Å². The van der Waals surface area contributed by atoms with Crippen LogP contribution in [0.15, 0.2) is 24.3 Å². The fourth-order valence-corrected chi connectivity index (χ4v) is 2.51. The van der Waals surface area contributed by atoms with Crippen LogP contribution in [0.25, 0.3) is 0 Å². The number of benzene rings is 1. The summed E-state index contributed by atoms with van der Waals surface area (Å²) in [6.45, 7) is 5.64. The van der Waals surface area contributed by atoms with E-state index in [1.54, 1.807) is 0 Å². The monoisotopic (exact) mass is 292 g/mol. The lowest BCUT2D eigenvalue weighted by Gasteiger charge is -2.21. The second kappa shape index (κ2) is 6.18. The van der Waals surface area contributed by atoms with Crippen molar-refractivity contribution in [3.63, 3.8) is 0 Å². The molecular formula is C15H21ClN4. The number of aromatic nitrogens is 2. The van der Waals surface area contributed by atoms with Gasteiger partial charge in [-0.1, -0.05) is 36.7 Å². The molecule has 0 aliphatic rings. The number of hydrogen-bond donors (Lipinski definition) is 1. The number of hydrogen-bond acceptors (Lipinski definition) is 3. The largest absolute Gasteiger partial charge is 0.394 e. The Bertz CT molecular complexity index is 592. The first-order valence-electron chi connectivity index (χ1n) is 6.82. The van der Waals surface area contributed by atoms with Gasteiger partial charge in [0.1, 0.15) is 0 Å². The predicted molar refractivity (Wildman–Crippen MR) is 85.2 cm³/mol. The van der Waals surface area contributed by atoms with Crippen molar-refractivity contribution in [2.75, 3.05) is 17.7 Å². The number of anilines is 2. The second-order valence-electron chi connectivity index (χ2n) is 4.99. The van der Waals surface area contributed by atoms with E-state index in [0.29, 0.717) is 6.54 Å². The molecule has 0 atom stereocenters. The van der Waals surface area contributed by atoms with Crippen molar-refractivity contribution in [2.24, 2.45) is 0 Å². The fraction of sp³-hybridized carbons (Fsp3) is 0.400.